The molecule has 2 rings (SSSR count). The molecule has 0 aliphatic rings. The van der Waals surface area contributed by atoms with Gasteiger partial charge in [-0.25, -0.2) is 4.79 Å². The van der Waals surface area contributed by atoms with Crippen molar-refractivity contribution >= 4 is 23.4 Å². The lowest BCUT2D eigenvalue weighted by atomic mass is 10.1. The number of nitrogens with one attached hydrogen (secondary N) is 2. The highest BCUT2D eigenvalue weighted by Crippen LogP contribution is 2.34. The number of anilines is 1. The quantitative estimate of drug-likeness (QED) is 0.466. The molecule has 148 valence electrons. The van der Waals surface area contributed by atoms with E-state index in [4.69, 9.17) is 14.6 Å². The zero-order valence-corrected chi connectivity index (χ0v) is 15.2. The van der Waals surface area contributed by atoms with Gasteiger partial charge in [0, 0.05) is 18.3 Å². The molecule has 0 bridgehead atoms. The molecular weight excluding hydrogens is 370 g/mol. The van der Waals surface area contributed by atoms with Crippen LogP contribution in [0.3, 0.4) is 0 Å². The van der Waals surface area contributed by atoms with Crippen molar-refractivity contribution in [2.24, 2.45) is 0 Å². The number of hydrogen-bond acceptors (Lipinski definition) is 6. The van der Waals surface area contributed by atoms with Gasteiger partial charge in [0.05, 0.1) is 25.2 Å². The van der Waals surface area contributed by atoms with E-state index in [-0.39, 0.29) is 23.6 Å². The number of hydrogen-bond donors (Lipinski definition) is 3. The first-order valence-corrected chi connectivity index (χ1v) is 8.13. The first-order valence-electron chi connectivity index (χ1n) is 8.13. The Bertz CT molecular complexity index is 881. The molecule has 0 atom stereocenters. The molecule has 0 heterocycles. The number of nitrogens with zero attached hydrogens (tertiary/aromatic N) is 1. The van der Waals surface area contributed by atoms with Crippen LogP contribution < -0.4 is 20.1 Å². The maximum Gasteiger partial charge on any atom is 0.404 e. The summed E-state index contributed by atoms with van der Waals surface area (Å²) in [5.74, 6) is -0.336. The van der Waals surface area contributed by atoms with E-state index >= 15 is 0 Å². The van der Waals surface area contributed by atoms with Crippen molar-refractivity contribution in [1.29, 1.82) is 0 Å². The molecule has 0 radical (unpaired) electrons. The van der Waals surface area contributed by atoms with E-state index in [1.165, 1.54) is 20.3 Å². The molecule has 10 nitrogen and oxygen atoms in total. The average Bonchev–Trinajstić information content (AvgIpc) is 2.67. The Morgan fingerprint density at radius 3 is 2.25 bits per heavy atom. The number of methoxy groups -OCH3 is 2. The van der Waals surface area contributed by atoms with Crippen molar-refractivity contribution in [2.45, 2.75) is 6.42 Å². The number of benzene rings is 2. The fraction of sp³-hybridized carbons (Fsp3) is 0.222. The number of amides is 2. The Hall–Kier alpha value is -3.82. The minimum Gasteiger partial charge on any atom is -0.493 e. The van der Waals surface area contributed by atoms with E-state index < -0.39 is 22.6 Å². The molecule has 0 saturated heterocycles. The van der Waals surface area contributed by atoms with Gasteiger partial charge in [-0.05, 0) is 24.1 Å². The van der Waals surface area contributed by atoms with Gasteiger partial charge in [-0.15, -0.1) is 0 Å². The molecule has 0 aromatic heterocycles. The normalized spacial score (nSPS) is 10.1. The van der Waals surface area contributed by atoms with Crippen LogP contribution in [0.2, 0.25) is 0 Å². The van der Waals surface area contributed by atoms with E-state index in [1.807, 2.05) is 0 Å². The minimum atomic E-state index is -1.10. The molecule has 2 amide bonds. The Kier molecular flexibility index (Phi) is 6.74. The topological polar surface area (TPSA) is 140 Å². The number of carbonyl (C=O) groups is 2. The van der Waals surface area contributed by atoms with Crippen LogP contribution in [0.4, 0.5) is 16.2 Å². The summed E-state index contributed by atoms with van der Waals surface area (Å²) in [5.41, 5.74) is 0.719. The van der Waals surface area contributed by atoms with Gasteiger partial charge in [-0.3, -0.25) is 14.9 Å². The van der Waals surface area contributed by atoms with Crippen LogP contribution in [-0.4, -0.2) is 42.8 Å². The SMILES string of the molecule is COc1cc(C(=O)Nc2ccc(CCNC(=O)O)cc2)c([N+](=O)[O-])cc1OC. The molecule has 0 fully saturated rings. The van der Waals surface area contributed by atoms with E-state index in [0.717, 1.165) is 11.6 Å². The van der Waals surface area contributed by atoms with Crippen molar-refractivity contribution in [2.75, 3.05) is 26.1 Å². The molecule has 2 aromatic rings. The molecule has 28 heavy (non-hydrogen) atoms. The summed E-state index contributed by atoms with van der Waals surface area (Å²) in [6.07, 6.45) is -0.609. The van der Waals surface area contributed by atoms with Crippen LogP contribution in [0.15, 0.2) is 36.4 Å². The van der Waals surface area contributed by atoms with Crippen molar-refractivity contribution < 1.29 is 29.1 Å². The molecule has 3 N–H and O–H groups in total. The smallest absolute Gasteiger partial charge is 0.404 e. The van der Waals surface area contributed by atoms with Crippen LogP contribution in [0, 0.1) is 10.1 Å². The minimum absolute atomic E-state index is 0.144. The second-order valence-corrected chi connectivity index (χ2v) is 5.61. The summed E-state index contributed by atoms with van der Waals surface area (Å²) < 4.78 is 10.1. The standard InChI is InChI=1S/C18H19N3O7/c1-27-15-9-13(14(21(25)26)10-16(15)28-2)17(22)20-12-5-3-11(4-6-12)7-8-19-18(23)24/h3-6,9-10,19H,7-8H2,1-2H3,(H,20,22)(H,23,24). The Balaban J connectivity index is 2.18. The first-order chi connectivity index (χ1) is 13.3. The summed E-state index contributed by atoms with van der Waals surface area (Å²) in [4.78, 5) is 33.6. The summed E-state index contributed by atoms with van der Waals surface area (Å²) in [6.45, 7) is 0.263. The highest BCUT2D eigenvalue weighted by molar-refractivity contribution is 6.07. The fourth-order valence-corrected chi connectivity index (χ4v) is 2.47. The second-order valence-electron chi connectivity index (χ2n) is 5.61. The Labute approximate surface area is 160 Å². The van der Waals surface area contributed by atoms with Crippen molar-refractivity contribution in [3.05, 3.63) is 57.6 Å². The molecule has 10 heteroatoms. The van der Waals surface area contributed by atoms with Crippen molar-refractivity contribution in [3.8, 4) is 11.5 Å². The van der Waals surface area contributed by atoms with Crippen LogP contribution in [0.5, 0.6) is 11.5 Å². The van der Waals surface area contributed by atoms with E-state index in [2.05, 4.69) is 10.6 Å². The van der Waals surface area contributed by atoms with Crippen LogP contribution in [0.25, 0.3) is 0 Å². The van der Waals surface area contributed by atoms with Gasteiger partial charge in [-0.2, -0.15) is 0 Å². The number of nitro groups is 1. The highest BCUT2D eigenvalue weighted by atomic mass is 16.6. The van der Waals surface area contributed by atoms with Gasteiger partial charge in [0.15, 0.2) is 11.5 Å². The fourth-order valence-electron chi connectivity index (χ4n) is 2.47. The first kappa shape index (κ1) is 20.5. The van der Waals surface area contributed by atoms with E-state index in [9.17, 15) is 19.7 Å². The van der Waals surface area contributed by atoms with Crippen LogP contribution in [-0.2, 0) is 6.42 Å². The van der Waals surface area contributed by atoms with Gasteiger partial charge in [0.2, 0.25) is 0 Å². The molecular formula is C18H19N3O7. The predicted molar refractivity (Wildman–Crippen MR) is 100 cm³/mol. The Morgan fingerprint density at radius 2 is 1.71 bits per heavy atom. The summed E-state index contributed by atoms with van der Waals surface area (Å²) >= 11 is 0. The summed E-state index contributed by atoms with van der Waals surface area (Å²) in [6, 6.07) is 9.08. The third kappa shape index (κ3) is 5.10. The number of carboxylic acid groups (broad SMARTS) is 1. The van der Waals surface area contributed by atoms with Gasteiger partial charge in [-0.1, -0.05) is 12.1 Å². The molecule has 0 saturated carbocycles. The summed E-state index contributed by atoms with van der Waals surface area (Å²) in [7, 11) is 2.71. The number of nitro benzene ring substituents is 1. The van der Waals surface area contributed by atoms with Crippen LogP contribution >= 0.6 is 0 Å². The number of ether oxygens (including phenoxy) is 2. The zero-order valence-electron chi connectivity index (χ0n) is 15.2. The number of carbonyl (C=O) groups excluding carboxylic acids is 1. The Morgan fingerprint density at radius 1 is 1.11 bits per heavy atom. The van der Waals surface area contributed by atoms with E-state index in [0.29, 0.717) is 12.1 Å². The molecule has 2 aromatic carbocycles. The average molecular weight is 389 g/mol. The van der Waals surface area contributed by atoms with Gasteiger partial charge in [0.25, 0.3) is 11.6 Å². The summed E-state index contributed by atoms with van der Waals surface area (Å²) in [5, 5.41) is 24.7. The highest BCUT2D eigenvalue weighted by Gasteiger charge is 2.24. The van der Waals surface area contributed by atoms with Gasteiger partial charge < -0.3 is 25.2 Å². The maximum atomic E-state index is 12.6. The van der Waals surface area contributed by atoms with Crippen molar-refractivity contribution in [3.63, 3.8) is 0 Å². The third-order valence-electron chi connectivity index (χ3n) is 3.84. The monoisotopic (exact) mass is 389 g/mol. The van der Waals surface area contributed by atoms with E-state index in [1.54, 1.807) is 24.3 Å². The van der Waals surface area contributed by atoms with Crippen molar-refractivity contribution in [1.82, 2.24) is 5.32 Å². The largest absolute Gasteiger partial charge is 0.493 e. The lowest BCUT2D eigenvalue weighted by Crippen LogP contribution is -2.23. The van der Waals surface area contributed by atoms with Crippen LogP contribution in [0.1, 0.15) is 15.9 Å². The third-order valence-corrected chi connectivity index (χ3v) is 3.84. The second kappa shape index (κ2) is 9.21. The van der Waals surface area contributed by atoms with Gasteiger partial charge in [0.1, 0.15) is 5.56 Å². The molecule has 0 unspecified atom stereocenters. The maximum absolute atomic E-state index is 12.6. The lowest BCUT2D eigenvalue weighted by Gasteiger charge is -2.11. The zero-order chi connectivity index (χ0) is 20.7. The van der Waals surface area contributed by atoms with Gasteiger partial charge >= 0.3 is 6.09 Å². The molecule has 0 aliphatic heterocycles. The lowest BCUT2D eigenvalue weighted by molar-refractivity contribution is -0.385. The number of rotatable bonds is 8. The molecule has 0 spiro atoms. The molecule has 0 aliphatic carbocycles. The predicted octanol–water partition coefficient (Wildman–Crippen LogP) is 2.67.